The molecule has 2 fully saturated rings. The third-order valence-electron chi connectivity index (χ3n) is 12.5. The average Bonchev–Trinajstić information content (AvgIpc) is 3.37. The molecule has 4 aromatic rings. The molecule has 70 heavy (non-hydrogen) atoms. The van der Waals surface area contributed by atoms with Crippen LogP contribution in [-0.2, 0) is 24.0 Å². The number of benzene rings is 4. The summed E-state index contributed by atoms with van der Waals surface area (Å²) in [5.41, 5.74) is 4.07. The maximum absolute atomic E-state index is 13.3. The van der Waals surface area contributed by atoms with Gasteiger partial charge in [-0.15, -0.1) is 0 Å². The third kappa shape index (κ3) is 15.3. The molecule has 370 valence electrons. The van der Waals surface area contributed by atoms with Crippen molar-refractivity contribution in [3.63, 3.8) is 0 Å². The summed E-state index contributed by atoms with van der Waals surface area (Å²) >= 11 is 13.2. The van der Waals surface area contributed by atoms with Gasteiger partial charge in [0.25, 0.3) is 17.7 Å². The maximum atomic E-state index is 13.3. The Kier molecular flexibility index (Phi) is 19.7. The van der Waals surface area contributed by atoms with Crippen molar-refractivity contribution in [3.8, 4) is 11.1 Å². The Hall–Kier alpha value is -6.36. The van der Waals surface area contributed by atoms with Crippen LogP contribution in [0.1, 0.15) is 89.4 Å². The van der Waals surface area contributed by atoms with E-state index >= 15 is 0 Å². The van der Waals surface area contributed by atoms with Gasteiger partial charge in [0.1, 0.15) is 11.4 Å². The highest BCUT2D eigenvalue weighted by molar-refractivity contribution is 6.34. The van der Waals surface area contributed by atoms with E-state index in [0.29, 0.717) is 47.2 Å². The molecule has 0 bridgehead atoms. The van der Waals surface area contributed by atoms with Crippen molar-refractivity contribution in [2.24, 2.45) is 26.4 Å². The van der Waals surface area contributed by atoms with E-state index in [9.17, 15) is 28.8 Å². The molecule has 4 atom stereocenters. The molecule has 18 heteroatoms. The lowest BCUT2D eigenvalue weighted by Gasteiger charge is -2.33. The largest absolute Gasteiger partial charge is 0.371 e. The van der Waals surface area contributed by atoms with Crippen LogP contribution in [0.25, 0.3) is 11.1 Å². The fourth-order valence-electron chi connectivity index (χ4n) is 8.28. The highest BCUT2D eigenvalue weighted by atomic mass is 35.5. The van der Waals surface area contributed by atoms with Gasteiger partial charge in [-0.1, -0.05) is 55.1 Å². The van der Waals surface area contributed by atoms with Crippen LogP contribution in [-0.4, -0.2) is 97.5 Å². The van der Waals surface area contributed by atoms with Crippen molar-refractivity contribution < 1.29 is 28.8 Å². The zero-order valence-corrected chi connectivity index (χ0v) is 41.7. The smallest absolute Gasteiger partial charge is 0.258 e. The zero-order valence-electron chi connectivity index (χ0n) is 40.2. The normalized spacial score (nSPS) is 18.1. The van der Waals surface area contributed by atoms with Gasteiger partial charge in [0.15, 0.2) is 11.6 Å². The highest BCUT2D eigenvalue weighted by Crippen LogP contribution is 2.35. The molecular weight excluding hydrogens is 932 g/mol. The molecule has 2 aliphatic rings. The number of carbonyl (C=O) groups is 6. The minimum Gasteiger partial charge on any atom is -0.371 e. The molecule has 4 aromatic carbocycles. The Morgan fingerprint density at radius 2 is 1.21 bits per heavy atom. The molecule has 16 nitrogen and oxygen atoms in total. The Bertz CT molecular complexity index is 2560. The van der Waals surface area contributed by atoms with Gasteiger partial charge in [-0.3, -0.25) is 28.8 Å². The lowest BCUT2D eigenvalue weighted by Crippen LogP contribution is -2.39. The maximum Gasteiger partial charge on any atom is 0.258 e. The summed E-state index contributed by atoms with van der Waals surface area (Å²) in [4.78, 5) is 81.2. The van der Waals surface area contributed by atoms with E-state index in [4.69, 9.17) is 23.2 Å². The highest BCUT2D eigenvalue weighted by Gasteiger charge is 2.25. The number of rotatable bonds is 17. The Balaban J connectivity index is 1.01. The van der Waals surface area contributed by atoms with Gasteiger partial charge in [0, 0.05) is 67.3 Å². The minimum atomic E-state index is -1.46. The van der Waals surface area contributed by atoms with Gasteiger partial charge in [0.05, 0.1) is 10.0 Å². The van der Waals surface area contributed by atoms with Gasteiger partial charge < -0.3 is 31.1 Å². The first kappa shape index (κ1) is 53.0. The number of halogens is 2. The number of anilines is 3. The molecule has 0 saturated carbocycles. The number of ketones is 2. The van der Waals surface area contributed by atoms with Crippen LogP contribution in [0.15, 0.2) is 105 Å². The summed E-state index contributed by atoms with van der Waals surface area (Å²) in [5.74, 6) is -2.49. The van der Waals surface area contributed by atoms with Crippen molar-refractivity contribution in [1.82, 2.24) is 15.5 Å². The van der Waals surface area contributed by atoms with Crippen LogP contribution < -0.4 is 26.2 Å². The van der Waals surface area contributed by atoms with Gasteiger partial charge in [-0.05, 0) is 150 Å². The minimum absolute atomic E-state index is 0.00296. The SMILES string of the molecule is CC(=O)C(N=Nc1ccc(-c2ccc(N=NC(C(C)=O)C(=O)Nc3ccc(N4CCCCC(C)C(=O)NCCC4)cc3)c(Cl)c2)cc1Cl)C(=O)Nc1ccc(C(=O)NCCCN2CCCCC2C)cc1. The molecular formula is C52H62Cl2N10O6. The second-order valence-corrected chi connectivity index (χ2v) is 18.7. The molecule has 4 amide bonds. The second kappa shape index (κ2) is 26.0. The lowest BCUT2D eigenvalue weighted by molar-refractivity contribution is -0.127. The summed E-state index contributed by atoms with van der Waals surface area (Å²) in [6.45, 7) is 11.6. The molecule has 6 rings (SSSR count). The predicted molar refractivity (Wildman–Crippen MR) is 275 cm³/mol. The van der Waals surface area contributed by atoms with Gasteiger partial charge in [-0.25, -0.2) is 0 Å². The van der Waals surface area contributed by atoms with E-state index in [1.54, 1.807) is 72.8 Å². The standard InChI is InChI=1S/C52H62Cl2N10O6/c1-33-11-5-7-28-64(30-10-25-55-49(33)67)42-21-19-41(20-22-42)58-52(70)48(36(4)66)62-60-46-24-16-39(32-44(46)54)38-15-23-45(43(53)31-38)59-61-47(35(3)65)51(69)57-40-17-13-37(14-18-40)50(68)56-26-9-29-63-27-8-6-12-34(63)2/h13-24,31-34,47-48H,5-12,25-30H2,1-4H3,(H,55,67)(H,56,68)(H,57,69)(H,58,70). The van der Waals surface area contributed by atoms with Crippen LogP contribution in [0, 0.1) is 5.92 Å². The number of hydrogen-bond acceptors (Lipinski definition) is 12. The van der Waals surface area contributed by atoms with E-state index in [1.165, 1.54) is 33.1 Å². The molecule has 0 radical (unpaired) electrons. The molecule has 0 spiro atoms. The summed E-state index contributed by atoms with van der Waals surface area (Å²) in [7, 11) is 0. The Morgan fingerprint density at radius 1 is 0.686 bits per heavy atom. The summed E-state index contributed by atoms with van der Waals surface area (Å²) in [6, 6.07) is 21.3. The first-order chi connectivity index (χ1) is 33.7. The first-order valence-electron chi connectivity index (χ1n) is 24.0. The number of Topliss-reactive ketones (excluding diaryl/α,β-unsaturated/α-hetero) is 2. The fraction of sp³-hybridized carbons (Fsp3) is 0.423. The predicted octanol–water partition coefficient (Wildman–Crippen LogP) is 10.1. The number of nitrogens with one attached hydrogen (secondary N) is 4. The van der Waals surface area contributed by atoms with E-state index in [1.807, 2.05) is 19.1 Å². The summed E-state index contributed by atoms with van der Waals surface area (Å²) in [5, 5.41) is 28.2. The molecule has 4 N–H and O–H groups in total. The first-order valence-corrected chi connectivity index (χ1v) is 24.7. The van der Waals surface area contributed by atoms with Crippen molar-refractivity contribution in [2.75, 3.05) is 54.8 Å². The molecule has 0 aliphatic carbocycles. The molecule has 0 aromatic heterocycles. The van der Waals surface area contributed by atoms with E-state index < -0.39 is 35.5 Å². The van der Waals surface area contributed by atoms with Crippen LogP contribution in [0.4, 0.5) is 28.4 Å². The third-order valence-corrected chi connectivity index (χ3v) is 13.1. The topological polar surface area (TPSA) is 206 Å². The molecule has 2 heterocycles. The van der Waals surface area contributed by atoms with Crippen molar-refractivity contribution in [3.05, 3.63) is 101 Å². The quantitative estimate of drug-likeness (QED) is 0.0454. The number of likely N-dealkylation sites (tertiary alicyclic amines) is 1. The number of piperidine rings is 1. The van der Waals surface area contributed by atoms with E-state index in [2.05, 4.69) is 58.4 Å². The van der Waals surface area contributed by atoms with Gasteiger partial charge in [0.2, 0.25) is 18.0 Å². The number of azo groups is 2. The number of amides is 4. The molecule has 2 saturated heterocycles. The Morgan fingerprint density at radius 3 is 1.76 bits per heavy atom. The Labute approximate surface area is 419 Å². The lowest BCUT2D eigenvalue weighted by atomic mass is 10.0. The number of carbonyl (C=O) groups excluding carboxylic acids is 6. The van der Waals surface area contributed by atoms with E-state index in [-0.39, 0.29) is 39.2 Å². The van der Waals surface area contributed by atoms with Gasteiger partial charge in [-0.2, -0.15) is 20.5 Å². The van der Waals surface area contributed by atoms with Crippen molar-refractivity contribution in [2.45, 2.75) is 97.2 Å². The monoisotopic (exact) mass is 992 g/mol. The van der Waals surface area contributed by atoms with Crippen LogP contribution in [0.3, 0.4) is 0 Å². The van der Waals surface area contributed by atoms with Gasteiger partial charge >= 0.3 is 0 Å². The van der Waals surface area contributed by atoms with Crippen molar-refractivity contribution >= 4 is 86.8 Å². The number of hydrogen-bond donors (Lipinski definition) is 4. The van der Waals surface area contributed by atoms with E-state index in [0.717, 1.165) is 64.0 Å². The van der Waals surface area contributed by atoms with Crippen LogP contribution in [0.2, 0.25) is 10.0 Å². The average molecular weight is 994 g/mol. The fourth-order valence-corrected chi connectivity index (χ4v) is 8.72. The second-order valence-electron chi connectivity index (χ2n) is 17.9. The molecule has 4 unspecified atom stereocenters. The zero-order chi connectivity index (χ0) is 50.2. The van der Waals surface area contributed by atoms with Crippen LogP contribution in [0.5, 0.6) is 0 Å². The molecule has 2 aliphatic heterocycles. The number of nitrogens with zero attached hydrogens (tertiary/aromatic N) is 6. The summed E-state index contributed by atoms with van der Waals surface area (Å²) < 4.78 is 0. The summed E-state index contributed by atoms with van der Waals surface area (Å²) in [6.07, 6.45) is 8.11. The van der Waals surface area contributed by atoms with Crippen molar-refractivity contribution in [1.29, 1.82) is 0 Å². The van der Waals surface area contributed by atoms with Crippen LogP contribution >= 0.6 is 23.2 Å².